The molecular formula is C19H11F3O2. The third-order valence-electron chi connectivity index (χ3n) is 4.11. The molecule has 0 spiro atoms. The van der Waals surface area contributed by atoms with Gasteiger partial charge in [-0.1, -0.05) is 23.8 Å². The van der Waals surface area contributed by atoms with E-state index in [0.29, 0.717) is 5.58 Å². The van der Waals surface area contributed by atoms with Crippen molar-refractivity contribution in [3.63, 3.8) is 0 Å². The summed E-state index contributed by atoms with van der Waals surface area (Å²) in [7, 11) is 0. The van der Waals surface area contributed by atoms with E-state index in [4.69, 9.17) is 4.42 Å². The number of halogens is 3. The molecule has 0 saturated heterocycles. The first-order valence-corrected chi connectivity index (χ1v) is 7.31. The minimum atomic E-state index is -4.50. The summed E-state index contributed by atoms with van der Waals surface area (Å²) in [4.78, 5) is 12.7. The Kier molecular flexibility index (Phi) is 2.97. The highest BCUT2D eigenvalue weighted by molar-refractivity contribution is 5.99. The Bertz CT molecular complexity index is 1170. The van der Waals surface area contributed by atoms with E-state index in [9.17, 15) is 18.0 Å². The Labute approximate surface area is 134 Å². The standard InChI is InChI=1S/C19H11F3O2/c1-10-2-3-11-8-17-14(7-12(11)6-10)18(23)15-9-13(19(20,21)22)4-5-16(15)24-17/h2-9H,1H3. The van der Waals surface area contributed by atoms with Crippen LogP contribution in [0, 0.1) is 6.92 Å². The van der Waals surface area contributed by atoms with E-state index in [1.165, 1.54) is 6.07 Å². The average Bonchev–Trinajstić information content (AvgIpc) is 2.52. The summed E-state index contributed by atoms with van der Waals surface area (Å²) in [6.07, 6.45) is -4.50. The fourth-order valence-corrected chi connectivity index (χ4v) is 2.89. The van der Waals surface area contributed by atoms with Gasteiger partial charge in [-0.25, -0.2) is 0 Å². The summed E-state index contributed by atoms with van der Waals surface area (Å²) < 4.78 is 44.3. The zero-order valence-electron chi connectivity index (χ0n) is 12.6. The van der Waals surface area contributed by atoms with E-state index in [2.05, 4.69) is 0 Å². The summed E-state index contributed by atoms with van der Waals surface area (Å²) in [6, 6.07) is 12.2. The Hall–Kier alpha value is -2.82. The highest BCUT2D eigenvalue weighted by Crippen LogP contribution is 2.32. The molecule has 0 aliphatic carbocycles. The van der Waals surface area contributed by atoms with Crippen molar-refractivity contribution in [2.24, 2.45) is 0 Å². The molecule has 0 fully saturated rings. The maximum absolute atomic E-state index is 12.9. The third-order valence-corrected chi connectivity index (χ3v) is 4.11. The lowest BCUT2D eigenvalue weighted by atomic mass is 10.0. The zero-order valence-corrected chi connectivity index (χ0v) is 12.6. The lowest BCUT2D eigenvalue weighted by Crippen LogP contribution is -2.08. The second-order valence-corrected chi connectivity index (χ2v) is 5.84. The summed E-state index contributed by atoms with van der Waals surface area (Å²) >= 11 is 0. The minimum absolute atomic E-state index is 0.0654. The van der Waals surface area contributed by atoms with Gasteiger partial charge < -0.3 is 4.42 Å². The van der Waals surface area contributed by atoms with Crippen molar-refractivity contribution in [1.29, 1.82) is 0 Å². The lowest BCUT2D eigenvalue weighted by molar-refractivity contribution is -0.137. The predicted octanol–water partition coefficient (Wildman–Crippen LogP) is 5.43. The molecule has 3 aromatic carbocycles. The third kappa shape index (κ3) is 2.24. The van der Waals surface area contributed by atoms with Crippen LogP contribution in [0.15, 0.2) is 57.7 Å². The normalized spacial score (nSPS) is 12.3. The van der Waals surface area contributed by atoms with Gasteiger partial charge >= 0.3 is 6.18 Å². The molecule has 0 unspecified atom stereocenters. The van der Waals surface area contributed by atoms with Gasteiger partial charge in [0.15, 0.2) is 0 Å². The van der Waals surface area contributed by atoms with Gasteiger partial charge in [0.1, 0.15) is 11.2 Å². The van der Waals surface area contributed by atoms with Gasteiger partial charge in [0.05, 0.1) is 16.3 Å². The molecule has 0 saturated carbocycles. The lowest BCUT2D eigenvalue weighted by Gasteiger charge is -2.08. The zero-order chi connectivity index (χ0) is 17.1. The SMILES string of the molecule is Cc1ccc2cc3oc4ccc(C(F)(F)F)cc4c(=O)c3cc2c1. The number of benzene rings is 3. The van der Waals surface area contributed by atoms with Gasteiger partial charge in [-0.15, -0.1) is 0 Å². The van der Waals surface area contributed by atoms with Crippen LogP contribution in [0.1, 0.15) is 11.1 Å². The maximum Gasteiger partial charge on any atom is 0.416 e. The van der Waals surface area contributed by atoms with Crippen molar-refractivity contribution >= 4 is 32.7 Å². The molecule has 0 radical (unpaired) electrons. The first kappa shape index (κ1) is 14.8. The van der Waals surface area contributed by atoms with Crippen LogP contribution in [0.2, 0.25) is 0 Å². The number of rotatable bonds is 0. The monoisotopic (exact) mass is 328 g/mol. The van der Waals surface area contributed by atoms with E-state index in [1.807, 2.05) is 25.1 Å². The summed E-state index contributed by atoms with van der Waals surface area (Å²) in [5.74, 6) is 0. The van der Waals surface area contributed by atoms with Crippen molar-refractivity contribution in [1.82, 2.24) is 0 Å². The smallest absolute Gasteiger partial charge is 0.416 e. The molecule has 0 aliphatic rings. The van der Waals surface area contributed by atoms with E-state index in [0.717, 1.165) is 28.5 Å². The van der Waals surface area contributed by atoms with E-state index in [1.54, 1.807) is 12.1 Å². The second kappa shape index (κ2) is 4.84. The fourth-order valence-electron chi connectivity index (χ4n) is 2.89. The summed E-state index contributed by atoms with van der Waals surface area (Å²) in [5.41, 5.74) is 0.223. The Morgan fingerprint density at radius 2 is 1.58 bits per heavy atom. The predicted molar refractivity (Wildman–Crippen MR) is 87.2 cm³/mol. The van der Waals surface area contributed by atoms with Gasteiger partial charge in [0, 0.05) is 0 Å². The highest BCUT2D eigenvalue weighted by Gasteiger charge is 2.31. The molecule has 4 rings (SSSR count). The molecule has 5 heteroatoms. The van der Waals surface area contributed by atoms with Crippen LogP contribution in [0.5, 0.6) is 0 Å². The molecule has 0 N–H and O–H groups in total. The highest BCUT2D eigenvalue weighted by atomic mass is 19.4. The molecule has 120 valence electrons. The molecule has 24 heavy (non-hydrogen) atoms. The molecule has 1 heterocycles. The van der Waals surface area contributed by atoms with Crippen LogP contribution in [0.25, 0.3) is 32.7 Å². The van der Waals surface area contributed by atoms with Crippen LogP contribution in [-0.4, -0.2) is 0 Å². The van der Waals surface area contributed by atoms with Crippen LogP contribution >= 0.6 is 0 Å². The van der Waals surface area contributed by atoms with Crippen molar-refractivity contribution in [3.8, 4) is 0 Å². The Morgan fingerprint density at radius 1 is 0.833 bits per heavy atom. The summed E-state index contributed by atoms with van der Waals surface area (Å²) in [6.45, 7) is 1.93. The topological polar surface area (TPSA) is 30.2 Å². The van der Waals surface area contributed by atoms with Crippen molar-refractivity contribution < 1.29 is 17.6 Å². The van der Waals surface area contributed by atoms with Gasteiger partial charge in [-0.3, -0.25) is 4.79 Å². The molecule has 4 aromatic rings. The number of fused-ring (bicyclic) bond motifs is 3. The van der Waals surface area contributed by atoms with Crippen LogP contribution in [-0.2, 0) is 6.18 Å². The Balaban J connectivity index is 2.12. The fraction of sp³-hybridized carbons (Fsp3) is 0.105. The van der Waals surface area contributed by atoms with Gasteiger partial charge in [-0.2, -0.15) is 13.2 Å². The first-order chi connectivity index (χ1) is 11.3. The van der Waals surface area contributed by atoms with Crippen molar-refractivity contribution in [3.05, 3.63) is 69.9 Å². The average molecular weight is 328 g/mol. The van der Waals surface area contributed by atoms with Crippen molar-refractivity contribution in [2.75, 3.05) is 0 Å². The van der Waals surface area contributed by atoms with Crippen molar-refractivity contribution in [2.45, 2.75) is 13.1 Å². The minimum Gasteiger partial charge on any atom is -0.456 e. The van der Waals surface area contributed by atoms with Gasteiger partial charge in [0.2, 0.25) is 5.43 Å². The largest absolute Gasteiger partial charge is 0.456 e. The molecule has 2 nitrogen and oxygen atoms in total. The Morgan fingerprint density at radius 3 is 2.33 bits per heavy atom. The molecule has 0 aliphatic heterocycles. The number of hydrogen-bond donors (Lipinski definition) is 0. The van der Waals surface area contributed by atoms with E-state index in [-0.39, 0.29) is 16.4 Å². The first-order valence-electron chi connectivity index (χ1n) is 7.31. The van der Waals surface area contributed by atoms with E-state index >= 15 is 0 Å². The number of hydrogen-bond acceptors (Lipinski definition) is 2. The number of aryl methyl sites for hydroxylation is 1. The van der Waals surface area contributed by atoms with Gasteiger partial charge in [0.25, 0.3) is 0 Å². The molecule has 0 atom stereocenters. The second-order valence-electron chi connectivity index (χ2n) is 5.84. The van der Waals surface area contributed by atoms with Crippen LogP contribution < -0.4 is 5.43 Å². The quantitative estimate of drug-likeness (QED) is 0.403. The van der Waals surface area contributed by atoms with Gasteiger partial charge in [-0.05, 0) is 48.0 Å². The maximum atomic E-state index is 12.9. The molecule has 0 amide bonds. The van der Waals surface area contributed by atoms with Crippen LogP contribution in [0.3, 0.4) is 0 Å². The molecule has 0 bridgehead atoms. The summed E-state index contributed by atoms with van der Waals surface area (Å²) in [5, 5.41) is 1.97. The molecular weight excluding hydrogens is 317 g/mol. The molecule has 1 aromatic heterocycles. The van der Waals surface area contributed by atoms with E-state index < -0.39 is 17.2 Å². The van der Waals surface area contributed by atoms with Crippen LogP contribution in [0.4, 0.5) is 13.2 Å². The number of alkyl halides is 3.